The molecule has 0 N–H and O–H groups in total. The minimum absolute atomic E-state index is 0.646. The summed E-state index contributed by atoms with van der Waals surface area (Å²) >= 11 is 5.88. The Morgan fingerprint density at radius 1 is 0.900 bits per heavy atom. The van der Waals surface area contributed by atoms with Crippen molar-refractivity contribution < 1.29 is 13.2 Å². The number of hydrogen-bond donors (Lipinski definition) is 0. The number of alkyl halides is 3. The molecule has 0 radical (unpaired) electrons. The molecule has 0 heterocycles. The maximum atomic E-state index is 12.4. The molecule has 2 aromatic rings. The first kappa shape index (κ1) is 14.8. The van der Waals surface area contributed by atoms with Crippen LogP contribution in [-0.4, -0.2) is 5.16 Å². The first-order chi connectivity index (χ1) is 9.49. The van der Waals surface area contributed by atoms with Crippen molar-refractivity contribution in [2.45, 2.75) is 16.0 Å². The van der Waals surface area contributed by atoms with Gasteiger partial charge in [0.05, 0.1) is 16.4 Å². The second-order valence-electron chi connectivity index (χ2n) is 3.82. The Balaban J connectivity index is 2.12. The normalized spacial score (nSPS) is 10.9. The fraction of sp³-hybridized carbons (Fsp3) is 0.0714. The van der Waals surface area contributed by atoms with Crippen LogP contribution in [-0.2, 0) is 6.18 Å². The molecular formula is C14H8F3NS2. The van der Waals surface area contributed by atoms with Gasteiger partial charge in [-0.05, 0) is 60.7 Å². The zero-order valence-electron chi connectivity index (χ0n) is 10.0. The van der Waals surface area contributed by atoms with E-state index in [9.17, 15) is 13.2 Å². The lowest BCUT2D eigenvalue weighted by Gasteiger charge is -2.07. The van der Waals surface area contributed by atoms with Gasteiger partial charge in [-0.25, -0.2) is 0 Å². The van der Waals surface area contributed by atoms with Gasteiger partial charge in [0, 0.05) is 9.79 Å². The summed E-state index contributed by atoms with van der Waals surface area (Å²) in [4.78, 5) is 5.47. The smallest absolute Gasteiger partial charge is 0.195 e. The lowest BCUT2D eigenvalue weighted by molar-refractivity contribution is -0.137. The number of aliphatic imine (C=N–C) groups is 1. The molecule has 0 aromatic heterocycles. The van der Waals surface area contributed by atoms with Crippen molar-refractivity contribution in [2.24, 2.45) is 4.99 Å². The van der Waals surface area contributed by atoms with Crippen molar-refractivity contribution >= 4 is 34.8 Å². The summed E-state index contributed by atoms with van der Waals surface area (Å²) in [6, 6.07) is 12.3. The van der Waals surface area contributed by atoms with Gasteiger partial charge >= 0.3 is 6.18 Å². The van der Waals surface area contributed by atoms with Crippen LogP contribution in [0.25, 0.3) is 0 Å². The lowest BCUT2D eigenvalue weighted by atomic mass is 10.2. The number of isothiocyanates is 1. The second-order valence-corrected chi connectivity index (χ2v) is 5.15. The molecule has 2 rings (SSSR count). The van der Waals surface area contributed by atoms with Crippen LogP contribution in [0, 0.1) is 0 Å². The molecule has 0 bridgehead atoms. The Morgan fingerprint density at radius 3 is 1.85 bits per heavy atom. The molecule has 20 heavy (non-hydrogen) atoms. The Hall–Kier alpha value is -1.62. The van der Waals surface area contributed by atoms with E-state index in [2.05, 4.69) is 22.4 Å². The third-order valence-electron chi connectivity index (χ3n) is 2.43. The number of benzene rings is 2. The van der Waals surface area contributed by atoms with Crippen LogP contribution in [0.3, 0.4) is 0 Å². The highest BCUT2D eigenvalue weighted by Gasteiger charge is 2.29. The van der Waals surface area contributed by atoms with E-state index in [0.717, 1.165) is 21.9 Å². The van der Waals surface area contributed by atoms with Crippen molar-refractivity contribution in [2.75, 3.05) is 0 Å². The van der Waals surface area contributed by atoms with E-state index in [4.69, 9.17) is 0 Å². The molecule has 0 atom stereocenters. The van der Waals surface area contributed by atoms with Gasteiger partial charge in [0.15, 0.2) is 0 Å². The quantitative estimate of drug-likeness (QED) is 0.541. The van der Waals surface area contributed by atoms with Gasteiger partial charge in [0.1, 0.15) is 0 Å². The summed E-state index contributed by atoms with van der Waals surface area (Å²) in [6.45, 7) is 0. The van der Waals surface area contributed by atoms with Gasteiger partial charge in [0.2, 0.25) is 0 Å². The van der Waals surface area contributed by atoms with Gasteiger partial charge in [-0.15, -0.1) is 0 Å². The van der Waals surface area contributed by atoms with E-state index in [1.165, 1.54) is 23.9 Å². The Morgan fingerprint density at radius 2 is 1.40 bits per heavy atom. The minimum atomic E-state index is -4.30. The summed E-state index contributed by atoms with van der Waals surface area (Å²) in [5.41, 5.74) is 0.0456. The van der Waals surface area contributed by atoms with Crippen molar-refractivity contribution in [3.8, 4) is 0 Å². The van der Waals surface area contributed by atoms with E-state index >= 15 is 0 Å². The molecule has 102 valence electrons. The van der Waals surface area contributed by atoms with Crippen LogP contribution in [0.5, 0.6) is 0 Å². The van der Waals surface area contributed by atoms with Crippen LogP contribution >= 0.6 is 24.0 Å². The van der Waals surface area contributed by atoms with Gasteiger partial charge in [-0.1, -0.05) is 11.8 Å². The Labute approximate surface area is 123 Å². The largest absolute Gasteiger partial charge is 0.416 e. The first-order valence-electron chi connectivity index (χ1n) is 5.52. The summed E-state index contributed by atoms with van der Waals surface area (Å²) in [5, 5.41) is 2.27. The third kappa shape index (κ3) is 3.93. The monoisotopic (exact) mass is 311 g/mol. The molecule has 6 heteroatoms. The van der Waals surface area contributed by atoms with Gasteiger partial charge in [-0.2, -0.15) is 18.2 Å². The molecule has 0 amide bonds. The highest BCUT2D eigenvalue weighted by Crippen LogP contribution is 2.33. The molecule has 0 aliphatic carbocycles. The van der Waals surface area contributed by atoms with Gasteiger partial charge < -0.3 is 0 Å². The maximum absolute atomic E-state index is 12.4. The molecule has 2 aromatic carbocycles. The molecule has 0 saturated carbocycles. The topological polar surface area (TPSA) is 12.4 Å². The summed E-state index contributed by atoms with van der Waals surface area (Å²) < 4.78 is 37.3. The van der Waals surface area contributed by atoms with E-state index in [1.807, 2.05) is 12.1 Å². The Kier molecular flexibility index (Phi) is 4.60. The fourth-order valence-corrected chi connectivity index (χ4v) is 2.41. The molecule has 0 unspecified atom stereocenters. The van der Waals surface area contributed by atoms with Crippen molar-refractivity contribution in [1.29, 1.82) is 0 Å². The van der Waals surface area contributed by atoms with Crippen molar-refractivity contribution in [1.82, 2.24) is 0 Å². The van der Waals surface area contributed by atoms with Crippen LogP contribution in [0.1, 0.15) is 5.56 Å². The highest BCUT2D eigenvalue weighted by molar-refractivity contribution is 7.99. The van der Waals surface area contributed by atoms with Gasteiger partial charge in [-0.3, -0.25) is 0 Å². The predicted molar refractivity (Wildman–Crippen MR) is 76.7 cm³/mol. The molecule has 0 saturated heterocycles. The summed E-state index contributed by atoms with van der Waals surface area (Å²) in [6.07, 6.45) is -4.30. The Bertz CT molecular complexity index is 627. The molecule has 0 aliphatic heterocycles. The van der Waals surface area contributed by atoms with Gasteiger partial charge in [0.25, 0.3) is 0 Å². The molecule has 0 fully saturated rings. The van der Waals surface area contributed by atoms with E-state index < -0.39 is 11.7 Å². The molecule has 0 spiro atoms. The minimum Gasteiger partial charge on any atom is -0.195 e. The van der Waals surface area contributed by atoms with E-state index in [1.54, 1.807) is 12.1 Å². The number of nitrogens with zero attached hydrogens (tertiary/aromatic N) is 1. The first-order valence-corrected chi connectivity index (χ1v) is 6.74. The van der Waals surface area contributed by atoms with E-state index in [-0.39, 0.29) is 0 Å². The number of hydrogen-bond acceptors (Lipinski definition) is 3. The zero-order valence-corrected chi connectivity index (χ0v) is 11.6. The third-order valence-corrected chi connectivity index (χ3v) is 3.54. The van der Waals surface area contributed by atoms with Crippen molar-refractivity contribution in [3.63, 3.8) is 0 Å². The molecular weight excluding hydrogens is 303 g/mol. The number of halogens is 3. The average molecular weight is 311 g/mol. The zero-order chi connectivity index (χ0) is 14.6. The predicted octanol–water partition coefficient (Wildman–Crippen LogP) is 5.59. The van der Waals surface area contributed by atoms with Crippen LogP contribution in [0.15, 0.2) is 63.3 Å². The molecule has 1 nitrogen and oxygen atoms in total. The summed E-state index contributed by atoms with van der Waals surface area (Å²) in [5.74, 6) is 0. The molecule has 0 aliphatic rings. The fourth-order valence-electron chi connectivity index (χ4n) is 1.49. The standard InChI is InChI=1S/C14H8F3NS2/c15-14(16,17)10-1-5-12(6-2-10)20-13-7-3-11(4-8-13)18-9-19/h1-8H. The van der Waals surface area contributed by atoms with Crippen LogP contribution in [0.2, 0.25) is 0 Å². The SMILES string of the molecule is FC(F)(F)c1ccc(Sc2ccc(N=C=S)cc2)cc1. The van der Waals surface area contributed by atoms with Crippen LogP contribution in [0.4, 0.5) is 18.9 Å². The number of rotatable bonds is 3. The van der Waals surface area contributed by atoms with Crippen molar-refractivity contribution in [3.05, 3.63) is 54.1 Å². The lowest BCUT2D eigenvalue weighted by Crippen LogP contribution is -2.03. The maximum Gasteiger partial charge on any atom is 0.416 e. The van der Waals surface area contributed by atoms with Crippen LogP contribution < -0.4 is 0 Å². The second kappa shape index (κ2) is 6.22. The highest BCUT2D eigenvalue weighted by atomic mass is 32.2. The summed E-state index contributed by atoms with van der Waals surface area (Å²) in [7, 11) is 0. The average Bonchev–Trinajstić information content (AvgIpc) is 2.41. The number of thiocarbonyl (C=S) groups is 1. The van der Waals surface area contributed by atoms with E-state index in [0.29, 0.717) is 5.69 Å².